The van der Waals surface area contributed by atoms with Crippen molar-refractivity contribution in [1.29, 1.82) is 0 Å². The molecule has 0 radical (unpaired) electrons. The van der Waals surface area contributed by atoms with Crippen molar-refractivity contribution in [2.75, 3.05) is 20.8 Å². The number of carbonyl (C=O) groups is 2. The summed E-state index contributed by atoms with van der Waals surface area (Å²) in [4.78, 5) is 24.4. The van der Waals surface area contributed by atoms with Gasteiger partial charge in [0.1, 0.15) is 0 Å². The quantitative estimate of drug-likeness (QED) is 0.787. The molecule has 0 spiro atoms. The number of esters is 1. The second-order valence-corrected chi connectivity index (χ2v) is 5.83. The number of carbonyl (C=O) groups excluding carboxylic acids is 2. The molecule has 25 heavy (non-hydrogen) atoms. The third-order valence-corrected chi connectivity index (χ3v) is 3.92. The number of hydrogen-bond acceptors (Lipinski definition) is 4. The normalized spacial score (nSPS) is 11.6. The lowest BCUT2D eigenvalue weighted by Gasteiger charge is -2.16. The molecule has 0 bridgehead atoms. The molecule has 2 rings (SSSR count). The summed E-state index contributed by atoms with van der Waals surface area (Å²) in [6.45, 7) is 2.63. The molecule has 0 heterocycles. The topological polar surface area (TPSA) is 64.6 Å². The summed E-state index contributed by atoms with van der Waals surface area (Å²) in [5.74, 6) is -1.14. The van der Waals surface area contributed by atoms with Crippen LogP contribution in [0.1, 0.15) is 33.0 Å². The van der Waals surface area contributed by atoms with Gasteiger partial charge in [-0.05, 0) is 30.2 Å². The van der Waals surface area contributed by atoms with Crippen LogP contribution in [0.15, 0.2) is 48.5 Å². The maximum atomic E-state index is 12.3. The summed E-state index contributed by atoms with van der Waals surface area (Å²) in [5.41, 5.74) is 3.40. The largest absolute Gasteiger partial charge is 0.468 e. The van der Waals surface area contributed by atoms with E-state index in [4.69, 9.17) is 9.47 Å². The average Bonchev–Trinajstić information content (AvgIpc) is 2.62. The van der Waals surface area contributed by atoms with E-state index in [-0.39, 0.29) is 18.4 Å². The number of hydrogen-bond donors (Lipinski definition) is 1. The molecule has 0 saturated carbocycles. The monoisotopic (exact) mass is 341 g/mol. The van der Waals surface area contributed by atoms with E-state index in [1.807, 2.05) is 43.3 Å². The molecule has 0 saturated heterocycles. The molecule has 2 aromatic carbocycles. The zero-order valence-corrected chi connectivity index (χ0v) is 14.7. The Morgan fingerprint density at radius 3 is 2.40 bits per heavy atom. The fraction of sp³-hybridized carbons (Fsp3) is 0.300. The highest BCUT2D eigenvalue weighted by molar-refractivity contribution is 5.94. The van der Waals surface area contributed by atoms with Crippen molar-refractivity contribution in [1.82, 2.24) is 5.32 Å². The van der Waals surface area contributed by atoms with E-state index in [0.717, 1.165) is 16.7 Å². The minimum Gasteiger partial charge on any atom is -0.468 e. The lowest BCUT2D eigenvalue weighted by atomic mass is 9.97. The molecular formula is C20H23NO4. The Morgan fingerprint density at radius 2 is 1.80 bits per heavy atom. The summed E-state index contributed by atoms with van der Waals surface area (Å²) < 4.78 is 9.94. The van der Waals surface area contributed by atoms with Gasteiger partial charge in [-0.3, -0.25) is 9.59 Å². The first-order valence-corrected chi connectivity index (χ1v) is 8.05. The van der Waals surface area contributed by atoms with Gasteiger partial charge in [0.15, 0.2) is 0 Å². The number of benzene rings is 2. The highest BCUT2D eigenvalue weighted by Crippen LogP contribution is 2.18. The second kappa shape index (κ2) is 8.99. The molecule has 0 fully saturated rings. The average molecular weight is 341 g/mol. The van der Waals surface area contributed by atoms with E-state index < -0.39 is 5.92 Å². The SMILES string of the molecule is COCc1ccc(C(=O)NCC(C(=O)OC)c2cccc(C)c2)cc1. The Bertz CT molecular complexity index is 725. The van der Waals surface area contributed by atoms with Crippen LogP contribution in [0.3, 0.4) is 0 Å². The minimum atomic E-state index is -0.540. The van der Waals surface area contributed by atoms with Crippen LogP contribution >= 0.6 is 0 Å². The number of aryl methyl sites for hydroxylation is 1. The third-order valence-electron chi connectivity index (χ3n) is 3.92. The van der Waals surface area contributed by atoms with Crippen molar-refractivity contribution in [2.45, 2.75) is 19.4 Å². The van der Waals surface area contributed by atoms with Gasteiger partial charge >= 0.3 is 5.97 Å². The molecule has 5 heteroatoms. The molecule has 0 aliphatic carbocycles. The van der Waals surface area contributed by atoms with Crippen LogP contribution in [0, 0.1) is 6.92 Å². The smallest absolute Gasteiger partial charge is 0.314 e. The molecular weight excluding hydrogens is 318 g/mol. The van der Waals surface area contributed by atoms with Crippen molar-refractivity contribution < 1.29 is 19.1 Å². The Kier molecular flexibility index (Phi) is 6.71. The van der Waals surface area contributed by atoms with E-state index in [0.29, 0.717) is 12.2 Å². The number of rotatable bonds is 7. The van der Waals surface area contributed by atoms with Gasteiger partial charge in [-0.1, -0.05) is 42.0 Å². The van der Waals surface area contributed by atoms with Crippen LogP contribution in [0.5, 0.6) is 0 Å². The van der Waals surface area contributed by atoms with Crippen LogP contribution in [0.25, 0.3) is 0 Å². The number of amides is 1. The summed E-state index contributed by atoms with van der Waals surface area (Å²) >= 11 is 0. The first-order chi connectivity index (χ1) is 12.0. The van der Waals surface area contributed by atoms with Gasteiger partial charge in [0.25, 0.3) is 5.91 Å². The van der Waals surface area contributed by atoms with Crippen LogP contribution in [0.4, 0.5) is 0 Å². The van der Waals surface area contributed by atoms with Crippen LogP contribution in [-0.4, -0.2) is 32.6 Å². The summed E-state index contributed by atoms with van der Waals surface area (Å²) in [6, 6.07) is 14.8. The molecule has 0 aromatic heterocycles. The lowest BCUT2D eigenvalue weighted by molar-refractivity contribution is -0.142. The highest BCUT2D eigenvalue weighted by atomic mass is 16.5. The van der Waals surface area contributed by atoms with Gasteiger partial charge in [0, 0.05) is 19.2 Å². The number of nitrogens with one attached hydrogen (secondary N) is 1. The summed E-state index contributed by atoms with van der Waals surface area (Å²) in [7, 11) is 2.97. The van der Waals surface area contributed by atoms with Crippen molar-refractivity contribution in [3.8, 4) is 0 Å². The zero-order valence-electron chi connectivity index (χ0n) is 14.7. The molecule has 5 nitrogen and oxygen atoms in total. The minimum absolute atomic E-state index is 0.175. The van der Waals surface area contributed by atoms with Gasteiger partial charge in [-0.25, -0.2) is 0 Å². The Hall–Kier alpha value is -2.66. The van der Waals surface area contributed by atoms with E-state index >= 15 is 0 Å². The van der Waals surface area contributed by atoms with Crippen molar-refractivity contribution >= 4 is 11.9 Å². The van der Waals surface area contributed by atoms with E-state index in [9.17, 15) is 9.59 Å². The van der Waals surface area contributed by atoms with Gasteiger partial charge in [0.05, 0.1) is 19.6 Å². The first-order valence-electron chi connectivity index (χ1n) is 8.05. The Balaban J connectivity index is 2.06. The number of methoxy groups -OCH3 is 2. The van der Waals surface area contributed by atoms with Crippen molar-refractivity contribution in [3.05, 3.63) is 70.8 Å². The standard InChI is InChI=1S/C20H23NO4/c1-14-5-4-6-17(11-14)18(20(23)25-3)12-21-19(22)16-9-7-15(8-10-16)13-24-2/h4-11,18H,12-13H2,1-3H3,(H,21,22). The van der Waals surface area contributed by atoms with Gasteiger partial charge in [0.2, 0.25) is 0 Å². The zero-order chi connectivity index (χ0) is 18.2. The predicted molar refractivity (Wildman–Crippen MR) is 95.4 cm³/mol. The van der Waals surface area contributed by atoms with Crippen LogP contribution < -0.4 is 5.32 Å². The van der Waals surface area contributed by atoms with Gasteiger partial charge in [-0.15, -0.1) is 0 Å². The molecule has 0 aliphatic rings. The second-order valence-electron chi connectivity index (χ2n) is 5.83. The van der Waals surface area contributed by atoms with E-state index in [1.54, 1.807) is 19.2 Å². The fourth-order valence-corrected chi connectivity index (χ4v) is 2.58. The lowest BCUT2D eigenvalue weighted by Crippen LogP contribution is -2.32. The Labute approximate surface area is 148 Å². The van der Waals surface area contributed by atoms with Crippen LogP contribution in [0.2, 0.25) is 0 Å². The molecule has 132 valence electrons. The number of ether oxygens (including phenoxy) is 2. The van der Waals surface area contributed by atoms with E-state index in [2.05, 4.69) is 5.32 Å². The van der Waals surface area contributed by atoms with Crippen molar-refractivity contribution in [3.63, 3.8) is 0 Å². The van der Waals surface area contributed by atoms with Gasteiger partial charge in [-0.2, -0.15) is 0 Å². The Morgan fingerprint density at radius 1 is 1.08 bits per heavy atom. The molecule has 1 atom stereocenters. The third kappa shape index (κ3) is 5.16. The molecule has 0 aliphatic heterocycles. The summed E-state index contributed by atoms with van der Waals surface area (Å²) in [6.07, 6.45) is 0. The summed E-state index contributed by atoms with van der Waals surface area (Å²) in [5, 5.41) is 2.81. The van der Waals surface area contributed by atoms with Gasteiger partial charge < -0.3 is 14.8 Å². The maximum absolute atomic E-state index is 12.3. The first kappa shape index (κ1) is 18.7. The molecule has 1 unspecified atom stereocenters. The molecule has 1 N–H and O–H groups in total. The molecule has 2 aromatic rings. The van der Waals surface area contributed by atoms with Crippen molar-refractivity contribution in [2.24, 2.45) is 0 Å². The van der Waals surface area contributed by atoms with Crippen LogP contribution in [-0.2, 0) is 20.9 Å². The predicted octanol–water partition coefficient (Wildman–Crippen LogP) is 2.83. The maximum Gasteiger partial charge on any atom is 0.314 e. The highest BCUT2D eigenvalue weighted by Gasteiger charge is 2.22. The fourth-order valence-electron chi connectivity index (χ4n) is 2.58. The molecule has 1 amide bonds. The van der Waals surface area contributed by atoms with E-state index in [1.165, 1.54) is 7.11 Å².